The zero-order chi connectivity index (χ0) is 26.8. The number of thiophene rings is 1. The number of fused-ring (bicyclic) bond motifs is 2. The van der Waals surface area contributed by atoms with Gasteiger partial charge in [0, 0.05) is 43.4 Å². The molecule has 4 heterocycles. The molecule has 4 aromatic heterocycles. The van der Waals surface area contributed by atoms with E-state index in [1.807, 2.05) is 23.6 Å². The number of nitrogens with one attached hydrogen (secondary N) is 2. The molecule has 192 valence electrons. The minimum absolute atomic E-state index is 0.703. The lowest BCUT2D eigenvalue weighted by atomic mass is 9.99. The molecule has 0 aliphatic carbocycles. The summed E-state index contributed by atoms with van der Waals surface area (Å²) in [5.74, 6) is 0. The molecular formula is C34H30N4S. The van der Waals surface area contributed by atoms with E-state index in [0.717, 1.165) is 46.3 Å². The number of benzene rings is 2. The summed E-state index contributed by atoms with van der Waals surface area (Å²) in [5, 5.41) is 9.94. The molecule has 0 aliphatic heterocycles. The Morgan fingerprint density at radius 3 is 2.64 bits per heavy atom. The lowest BCUT2D eigenvalue weighted by molar-refractivity contribution is 0.966. The average molecular weight is 527 g/mol. The second-order valence-electron chi connectivity index (χ2n) is 9.71. The van der Waals surface area contributed by atoms with Crippen molar-refractivity contribution in [1.29, 1.82) is 0 Å². The fourth-order valence-corrected chi connectivity index (χ4v) is 5.95. The van der Waals surface area contributed by atoms with E-state index in [-0.39, 0.29) is 0 Å². The Bertz CT molecular complexity index is 1850. The first kappa shape index (κ1) is 24.8. The van der Waals surface area contributed by atoms with Gasteiger partial charge in [0.2, 0.25) is 0 Å². The number of aromatic amines is 2. The van der Waals surface area contributed by atoms with Gasteiger partial charge in [0.1, 0.15) is 0 Å². The molecule has 5 heteroatoms. The number of rotatable bonds is 8. The van der Waals surface area contributed by atoms with Crippen LogP contribution in [0.25, 0.3) is 49.3 Å². The Balaban J connectivity index is 1.35. The Morgan fingerprint density at radius 1 is 1.00 bits per heavy atom. The van der Waals surface area contributed by atoms with Crippen molar-refractivity contribution in [2.75, 3.05) is 0 Å². The summed E-state index contributed by atoms with van der Waals surface area (Å²) in [4.78, 5) is 10.9. The summed E-state index contributed by atoms with van der Waals surface area (Å²) in [7, 11) is 0. The molecule has 0 spiro atoms. The van der Waals surface area contributed by atoms with Crippen molar-refractivity contribution in [1.82, 2.24) is 20.2 Å². The number of nitrogens with zero attached hydrogens (tertiary/aromatic N) is 2. The van der Waals surface area contributed by atoms with Gasteiger partial charge in [0.15, 0.2) is 5.65 Å². The van der Waals surface area contributed by atoms with Crippen molar-refractivity contribution < 1.29 is 0 Å². The summed E-state index contributed by atoms with van der Waals surface area (Å²) >= 11 is 1.82. The minimum Gasteiger partial charge on any atom is -0.353 e. The smallest absolute Gasteiger partial charge is 0.181 e. The summed E-state index contributed by atoms with van der Waals surface area (Å²) in [6, 6.07) is 25.8. The molecule has 0 saturated carbocycles. The van der Waals surface area contributed by atoms with E-state index < -0.39 is 0 Å². The first-order valence-electron chi connectivity index (χ1n) is 13.2. The fourth-order valence-electron chi connectivity index (χ4n) is 5.05. The van der Waals surface area contributed by atoms with Gasteiger partial charge in [-0.15, -0.1) is 11.3 Å². The third kappa shape index (κ3) is 5.01. The molecule has 0 atom stereocenters. The SMILES string of the molecule is C=C/C(=C\C(=C/C)c1cnc2n[nH]c(-c3cc4c(-c5ccc(C)s5)cccc4[nH]3)c2c1)CCc1ccccc1. The summed E-state index contributed by atoms with van der Waals surface area (Å²) in [6.45, 7) is 8.28. The van der Waals surface area contributed by atoms with Crippen LogP contribution in [0.5, 0.6) is 0 Å². The number of hydrogen-bond acceptors (Lipinski definition) is 3. The van der Waals surface area contributed by atoms with Crippen molar-refractivity contribution in [3.05, 3.63) is 125 Å². The number of pyridine rings is 1. The van der Waals surface area contributed by atoms with Crippen LogP contribution in [-0.4, -0.2) is 20.2 Å². The van der Waals surface area contributed by atoms with Crippen molar-refractivity contribution in [3.8, 4) is 21.8 Å². The molecule has 4 nitrogen and oxygen atoms in total. The van der Waals surface area contributed by atoms with Gasteiger partial charge in [-0.1, -0.05) is 67.3 Å². The van der Waals surface area contributed by atoms with Gasteiger partial charge in [0.25, 0.3) is 0 Å². The summed E-state index contributed by atoms with van der Waals surface area (Å²) in [6.07, 6.45) is 10.1. The third-order valence-corrected chi connectivity index (χ3v) is 8.18. The number of H-pyrrole nitrogens is 2. The Morgan fingerprint density at radius 2 is 1.87 bits per heavy atom. The predicted molar refractivity (Wildman–Crippen MR) is 166 cm³/mol. The van der Waals surface area contributed by atoms with Crippen LogP contribution in [0.3, 0.4) is 0 Å². The topological polar surface area (TPSA) is 57.4 Å². The molecule has 6 rings (SSSR count). The highest BCUT2D eigenvalue weighted by Gasteiger charge is 2.15. The van der Waals surface area contributed by atoms with Gasteiger partial charge >= 0.3 is 0 Å². The van der Waals surface area contributed by atoms with Crippen molar-refractivity contribution >= 4 is 38.8 Å². The van der Waals surface area contributed by atoms with Crippen LogP contribution in [-0.2, 0) is 6.42 Å². The molecule has 39 heavy (non-hydrogen) atoms. The minimum atomic E-state index is 0.703. The number of aryl methyl sites for hydroxylation is 2. The van der Waals surface area contributed by atoms with Crippen LogP contribution >= 0.6 is 11.3 Å². The molecule has 6 aromatic rings. The van der Waals surface area contributed by atoms with E-state index in [2.05, 4.69) is 121 Å². The Kier molecular flexibility index (Phi) is 6.82. The molecule has 0 fully saturated rings. The normalized spacial score (nSPS) is 12.5. The van der Waals surface area contributed by atoms with E-state index in [1.54, 1.807) is 0 Å². The molecule has 0 aliphatic rings. The standard InChI is InChI=1S/C34H30N4S/c1-4-23(15-16-24-10-7-6-8-11-24)18-25(5-2)26-19-29-33(37-38-34(29)35-21-26)31-20-28-27(12-9-13-30(28)36-31)32-17-14-22(3)39-32/h4-14,17-21,36H,1,15-16H2,2-3H3,(H,35,37,38)/b23-18+,25-5+. The third-order valence-electron chi connectivity index (χ3n) is 7.14. The van der Waals surface area contributed by atoms with Crippen LogP contribution < -0.4 is 0 Å². The Hall–Kier alpha value is -4.48. The maximum atomic E-state index is 4.69. The molecule has 0 amide bonds. The van der Waals surface area contributed by atoms with Crippen LogP contribution in [0.2, 0.25) is 0 Å². The van der Waals surface area contributed by atoms with E-state index in [4.69, 9.17) is 4.98 Å². The highest BCUT2D eigenvalue weighted by Crippen LogP contribution is 2.37. The average Bonchev–Trinajstić information content (AvgIpc) is 3.71. The number of allylic oxidation sites excluding steroid dienone is 5. The fraction of sp³-hybridized carbons (Fsp3) is 0.118. The summed E-state index contributed by atoms with van der Waals surface area (Å²) < 4.78 is 0. The molecular weight excluding hydrogens is 496 g/mol. The molecule has 2 aromatic carbocycles. The predicted octanol–water partition coefficient (Wildman–Crippen LogP) is 9.29. The summed E-state index contributed by atoms with van der Waals surface area (Å²) in [5.41, 5.74) is 9.69. The van der Waals surface area contributed by atoms with E-state index in [1.165, 1.54) is 31.8 Å². The van der Waals surface area contributed by atoms with Crippen molar-refractivity contribution in [2.24, 2.45) is 0 Å². The molecule has 2 N–H and O–H groups in total. The van der Waals surface area contributed by atoms with Gasteiger partial charge in [-0.2, -0.15) is 5.10 Å². The second kappa shape index (κ2) is 10.7. The number of hydrogen-bond donors (Lipinski definition) is 2. The first-order chi connectivity index (χ1) is 19.1. The highest BCUT2D eigenvalue weighted by atomic mass is 32.1. The maximum Gasteiger partial charge on any atom is 0.181 e. The van der Waals surface area contributed by atoms with E-state index in [0.29, 0.717) is 5.65 Å². The quantitative estimate of drug-likeness (QED) is 0.194. The molecule has 0 unspecified atom stereocenters. The van der Waals surface area contributed by atoms with Crippen molar-refractivity contribution in [3.63, 3.8) is 0 Å². The van der Waals surface area contributed by atoms with Gasteiger partial charge < -0.3 is 4.98 Å². The maximum absolute atomic E-state index is 4.69. The highest BCUT2D eigenvalue weighted by molar-refractivity contribution is 7.15. The van der Waals surface area contributed by atoms with Gasteiger partial charge in [0.05, 0.1) is 11.4 Å². The van der Waals surface area contributed by atoms with Crippen LogP contribution in [0.4, 0.5) is 0 Å². The largest absolute Gasteiger partial charge is 0.353 e. The zero-order valence-corrected chi connectivity index (χ0v) is 23.0. The number of aromatic nitrogens is 4. The Labute approximate surface area is 232 Å². The van der Waals surface area contributed by atoms with Gasteiger partial charge in [-0.25, -0.2) is 4.98 Å². The van der Waals surface area contributed by atoms with Crippen LogP contribution in [0.15, 0.2) is 109 Å². The van der Waals surface area contributed by atoms with E-state index >= 15 is 0 Å². The lowest BCUT2D eigenvalue weighted by Crippen LogP contribution is -1.90. The van der Waals surface area contributed by atoms with E-state index in [9.17, 15) is 0 Å². The lowest BCUT2D eigenvalue weighted by Gasteiger charge is -2.07. The molecule has 0 radical (unpaired) electrons. The van der Waals surface area contributed by atoms with Crippen molar-refractivity contribution in [2.45, 2.75) is 26.7 Å². The van der Waals surface area contributed by atoms with Crippen LogP contribution in [0, 0.1) is 6.92 Å². The second-order valence-corrected chi connectivity index (χ2v) is 11.0. The van der Waals surface area contributed by atoms with Gasteiger partial charge in [-0.05, 0) is 73.7 Å². The first-order valence-corrected chi connectivity index (χ1v) is 14.0. The van der Waals surface area contributed by atoms with Crippen LogP contribution in [0.1, 0.15) is 29.3 Å². The molecule has 0 bridgehead atoms. The zero-order valence-electron chi connectivity index (χ0n) is 22.2. The molecule has 0 saturated heterocycles. The van der Waals surface area contributed by atoms with Gasteiger partial charge in [-0.3, -0.25) is 5.10 Å². The monoisotopic (exact) mass is 526 g/mol.